The lowest BCUT2D eigenvalue weighted by atomic mass is 10.3. The third-order valence-electron chi connectivity index (χ3n) is 2.48. The maximum Gasteiger partial charge on any atom is 0.0507 e. The van der Waals surface area contributed by atoms with Gasteiger partial charge in [0.2, 0.25) is 0 Å². The van der Waals surface area contributed by atoms with Crippen LogP contribution in [0.3, 0.4) is 0 Å². The smallest absolute Gasteiger partial charge is 0.0507 e. The summed E-state index contributed by atoms with van der Waals surface area (Å²) in [5, 5.41) is 5.50. The van der Waals surface area contributed by atoms with Crippen LogP contribution in [-0.2, 0) is 0 Å². The van der Waals surface area contributed by atoms with Gasteiger partial charge in [-0.1, -0.05) is 18.2 Å². The van der Waals surface area contributed by atoms with Gasteiger partial charge >= 0.3 is 0 Å². The standard InChI is InChI=1S/C13H14BrNS2/c1-15-11(13-7-4-8-16-13)9-17-12-6-3-2-5-10(12)14/h2-8,11,15H,9H2,1H3. The van der Waals surface area contributed by atoms with Crippen molar-refractivity contribution in [3.05, 3.63) is 51.1 Å². The second-order valence-corrected chi connectivity index (χ2v) is 6.49. The highest BCUT2D eigenvalue weighted by Gasteiger charge is 2.11. The van der Waals surface area contributed by atoms with Crippen LogP contribution < -0.4 is 5.32 Å². The predicted molar refractivity (Wildman–Crippen MR) is 81.0 cm³/mol. The van der Waals surface area contributed by atoms with Crippen molar-refractivity contribution < 1.29 is 0 Å². The Kier molecular flexibility index (Phi) is 5.10. The summed E-state index contributed by atoms with van der Waals surface area (Å²) in [5.74, 6) is 1.04. The Morgan fingerprint density at radius 1 is 1.29 bits per heavy atom. The molecule has 1 atom stereocenters. The van der Waals surface area contributed by atoms with E-state index in [0.717, 1.165) is 5.75 Å². The summed E-state index contributed by atoms with van der Waals surface area (Å²) in [6.07, 6.45) is 0. The van der Waals surface area contributed by atoms with E-state index in [-0.39, 0.29) is 0 Å². The first-order valence-corrected chi connectivity index (χ1v) is 8.05. The van der Waals surface area contributed by atoms with Gasteiger partial charge in [-0.05, 0) is 46.6 Å². The van der Waals surface area contributed by atoms with Crippen LogP contribution in [0.2, 0.25) is 0 Å². The van der Waals surface area contributed by atoms with E-state index in [1.54, 1.807) is 0 Å². The molecule has 2 aromatic rings. The lowest BCUT2D eigenvalue weighted by Gasteiger charge is -2.14. The number of thioether (sulfide) groups is 1. The van der Waals surface area contributed by atoms with Crippen molar-refractivity contribution in [3.8, 4) is 0 Å². The van der Waals surface area contributed by atoms with Crippen LogP contribution in [0, 0.1) is 0 Å². The average Bonchev–Trinajstić information content (AvgIpc) is 2.86. The molecule has 1 aromatic carbocycles. The molecule has 1 N–H and O–H groups in total. The molecular formula is C13H14BrNS2. The van der Waals surface area contributed by atoms with Crippen LogP contribution in [0.25, 0.3) is 0 Å². The molecule has 1 nitrogen and oxygen atoms in total. The third-order valence-corrected chi connectivity index (χ3v) is 5.58. The summed E-state index contributed by atoms with van der Waals surface area (Å²) < 4.78 is 1.17. The molecule has 0 radical (unpaired) electrons. The second kappa shape index (κ2) is 6.59. The normalized spacial score (nSPS) is 12.6. The molecule has 0 aliphatic carbocycles. The lowest BCUT2D eigenvalue weighted by molar-refractivity contribution is 0.673. The first-order valence-electron chi connectivity index (χ1n) is 5.39. The summed E-state index contributed by atoms with van der Waals surface area (Å²) in [7, 11) is 2.02. The fourth-order valence-electron chi connectivity index (χ4n) is 1.53. The zero-order valence-corrected chi connectivity index (χ0v) is 12.7. The Morgan fingerprint density at radius 3 is 2.76 bits per heavy atom. The van der Waals surface area contributed by atoms with Crippen molar-refractivity contribution in [1.29, 1.82) is 0 Å². The molecule has 1 heterocycles. The van der Waals surface area contributed by atoms with Gasteiger partial charge in [-0.25, -0.2) is 0 Å². The van der Waals surface area contributed by atoms with Crippen LogP contribution in [0.15, 0.2) is 51.1 Å². The average molecular weight is 328 g/mol. The number of hydrogen-bond acceptors (Lipinski definition) is 3. The predicted octanol–water partition coefficient (Wildman–Crippen LogP) is 4.56. The van der Waals surface area contributed by atoms with Gasteiger partial charge < -0.3 is 5.32 Å². The highest BCUT2D eigenvalue weighted by molar-refractivity contribution is 9.10. The highest BCUT2D eigenvalue weighted by Crippen LogP contribution is 2.31. The number of benzene rings is 1. The zero-order valence-electron chi connectivity index (χ0n) is 9.52. The van der Waals surface area contributed by atoms with E-state index in [1.165, 1.54) is 14.2 Å². The maximum atomic E-state index is 3.58. The van der Waals surface area contributed by atoms with Crippen LogP contribution in [-0.4, -0.2) is 12.8 Å². The van der Waals surface area contributed by atoms with Gasteiger partial charge in [0, 0.05) is 20.0 Å². The largest absolute Gasteiger partial charge is 0.312 e. The van der Waals surface area contributed by atoms with Gasteiger partial charge in [-0.15, -0.1) is 23.1 Å². The van der Waals surface area contributed by atoms with Crippen molar-refractivity contribution in [1.82, 2.24) is 5.32 Å². The molecule has 0 amide bonds. The zero-order chi connectivity index (χ0) is 12.1. The number of rotatable bonds is 5. The van der Waals surface area contributed by atoms with Crippen molar-refractivity contribution in [2.45, 2.75) is 10.9 Å². The number of nitrogens with one attached hydrogen (secondary N) is 1. The molecule has 0 saturated carbocycles. The van der Waals surface area contributed by atoms with Gasteiger partial charge in [-0.2, -0.15) is 0 Å². The van der Waals surface area contributed by atoms with E-state index in [1.807, 2.05) is 36.2 Å². The van der Waals surface area contributed by atoms with Crippen LogP contribution >= 0.6 is 39.0 Å². The first-order chi connectivity index (χ1) is 8.31. The quantitative estimate of drug-likeness (QED) is 0.807. The van der Waals surface area contributed by atoms with Crippen molar-refractivity contribution in [2.75, 3.05) is 12.8 Å². The van der Waals surface area contributed by atoms with Gasteiger partial charge in [0.15, 0.2) is 0 Å². The Hall–Kier alpha value is -0.290. The summed E-state index contributed by atoms with van der Waals surface area (Å²) >= 11 is 7.26. The van der Waals surface area contributed by atoms with Crippen LogP contribution in [0.1, 0.15) is 10.9 Å². The van der Waals surface area contributed by atoms with E-state index in [9.17, 15) is 0 Å². The van der Waals surface area contributed by atoms with E-state index in [0.29, 0.717) is 6.04 Å². The summed E-state index contributed by atoms with van der Waals surface area (Å²) in [6, 6.07) is 13.1. The van der Waals surface area contributed by atoms with Gasteiger partial charge in [-0.3, -0.25) is 0 Å². The molecule has 0 bridgehead atoms. The highest BCUT2D eigenvalue weighted by atomic mass is 79.9. The fraction of sp³-hybridized carbons (Fsp3) is 0.231. The summed E-state index contributed by atoms with van der Waals surface area (Å²) in [4.78, 5) is 2.69. The molecular weight excluding hydrogens is 314 g/mol. The second-order valence-electron chi connectivity index (χ2n) is 3.60. The third kappa shape index (κ3) is 3.58. The summed E-state index contributed by atoms with van der Waals surface area (Å²) in [5.41, 5.74) is 0. The Morgan fingerprint density at radius 2 is 2.12 bits per heavy atom. The Labute approximate surface area is 119 Å². The van der Waals surface area contributed by atoms with Crippen molar-refractivity contribution in [2.24, 2.45) is 0 Å². The number of halogens is 1. The van der Waals surface area contributed by atoms with E-state index < -0.39 is 0 Å². The molecule has 0 saturated heterocycles. The molecule has 90 valence electrons. The number of thiophene rings is 1. The minimum Gasteiger partial charge on any atom is -0.312 e. The molecule has 4 heteroatoms. The molecule has 2 rings (SSSR count). The Balaban J connectivity index is 2.00. The molecule has 0 aliphatic rings. The van der Waals surface area contributed by atoms with Crippen molar-refractivity contribution >= 4 is 39.0 Å². The van der Waals surface area contributed by atoms with E-state index in [4.69, 9.17) is 0 Å². The lowest BCUT2D eigenvalue weighted by Crippen LogP contribution is -2.17. The maximum absolute atomic E-state index is 3.58. The molecule has 1 unspecified atom stereocenters. The van der Waals surface area contributed by atoms with Gasteiger partial charge in [0.05, 0.1) is 6.04 Å². The van der Waals surface area contributed by atoms with E-state index >= 15 is 0 Å². The minimum atomic E-state index is 0.423. The first kappa shape index (κ1) is 13.1. The molecule has 17 heavy (non-hydrogen) atoms. The SMILES string of the molecule is CNC(CSc1ccccc1Br)c1cccs1. The van der Waals surface area contributed by atoms with E-state index in [2.05, 4.69) is 57.0 Å². The van der Waals surface area contributed by atoms with Crippen molar-refractivity contribution in [3.63, 3.8) is 0 Å². The number of hydrogen-bond donors (Lipinski definition) is 1. The fourth-order valence-corrected chi connectivity index (χ4v) is 4.18. The molecule has 0 spiro atoms. The molecule has 0 aliphatic heterocycles. The minimum absolute atomic E-state index is 0.423. The topological polar surface area (TPSA) is 12.0 Å². The van der Waals surface area contributed by atoms with Gasteiger partial charge in [0.25, 0.3) is 0 Å². The monoisotopic (exact) mass is 327 g/mol. The molecule has 1 aromatic heterocycles. The molecule has 0 fully saturated rings. The van der Waals surface area contributed by atoms with Crippen LogP contribution in [0.4, 0.5) is 0 Å². The van der Waals surface area contributed by atoms with Crippen LogP contribution in [0.5, 0.6) is 0 Å². The summed E-state index contributed by atoms with van der Waals surface area (Å²) in [6.45, 7) is 0. The van der Waals surface area contributed by atoms with Gasteiger partial charge in [0.1, 0.15) is 0 Å². The Bertz CT molecular complexity index is 456.